The number of likely N-dealkylation sites (tertiary alicyclic amines) is 1. The number of carbonyl (C=O) groups is 1. The van der Waals surface area contributed by atoms with Crippen LogP contribution in [0.1, 0.15) is 42.7 Å². The number of aliphatic hydroxyl groups excluding tert-OH is 1. The lowest BCUT2D eigenvalue weighted by Gasteiger charge is -2.44. The van der Waals surface area contributed by atoms with Crippen LogP contribution < -0.4 is 0 Å². The molecule has 1 saturated carbocycles. The first kappa shape index (κ1) is 16.8. The zero-order valence-electron chi connectivity index (χ0n) is 15.4. The quantitative estimate of drug-likeness (QED) is 0.871. The number of hydrogen-bond donors (Lipinski definition) is 1. The molecule has 4 nitrogen and oxygen atoms in total. The molecule has 2 bridgehead atoms. The molecule has 1 amide bonds. The monoisotopic (exact) mass is 363 g/mol. The molecular formula is C23H25NO3. The molecule has 1 heterocycles. The van der Waals surface area contributed by atoms with E-state index in [-0.39, 0.29) is 18.1 Å². The van der Waals surface area contributed by atoms with Gasteiger partial charge in [0.25, 0.3) is 0 Å². The van der Waals surface area contributed by atoms with Crippen LogP contribution in [0.2, 0.25) is 0 Å². The van der Waals surface area contributed by atoms with Crippen LogP contribution in [0.5, 0.6) is 0 Å². The molecule has 0 radical (unpaired) electrons. The molecule has 2 aliphatic carbocycles. The molecule has 3 aliphatic rings. The van der Waals surface area contributed by atoms with Crippen LogP contribution in [0.15, 0.2) is 48.5 Å². The van der Waals surface area contributed by atoms with Crippen LogP contribution in [-0.4, -0.2) is 41.4 Å². The number of fused-ring (bicyclic) bond motifs is 5. The third kappa shape index (κ3) is 2.83. The minimum absolute atomic E-state index is 0.0758. The van der Waals surface area contributed by atoms with Crippen molar-refractivity contribution in [2.75, 3.05) is 13.2 Å². The van der Waals surface area contributed by atoms with Gasteiger partial charge in [0.15, 0.2) is 0 Å². The molecule has 0 aromatic heterocycles. The summed E-state index contributed by atoms with van der Waals surface area (Å²) in [7, 11) is 0. The molecule has 2 aromatic rings. The number of ether oxygens (including phenoxy) is 1. The average Bonchev–Trinajstić information content (AvgIpc) is 3.03. The Balaban J connectivity index is 1.33. The van der Waals surface area contributed by atoms with Gasteiger partial charge in [-0.15, -0.1) is 0 Å². The highest BCUT2D eigenvalue weighted by atomic mass is 16.6. The molecule has 3 atom stereocenters. The van der Waals surface area contributed by atoms with Gasteiger partial charge in [-0.1, -0.05) is 48.5 Å². The van der Waals surface area contributed by atoms with E-state index in [0.29, 0.717) is 19.1 Å². The van der Waals surface area contributed by atoms with Crippen molar-refractivity contribution < 1.29 is 14.6 Å². The number of piperidine rings is 1. The van der Waals surface area contributed by atoms with Crippen molar-refractivity contribution in [1.82, 2.24) is 4.90 Å². The van der Waals surface area contributed by atoms with Gasteiger partial charge in [-0.25, -0.2) is 4.79 Å². The van der Waals surface area contributed by atoms with E-state index >= 15 is 0 Å². The van der Waals surface area contributed by atoms with Crippen molar-refractivity contribution in [2.24, 2.45) is 5.92 Å². The first-order valence-electron chi connectivity index (χ1n) is 10.0. The number of carbonyl (C=O) groups excluding carboxylic acids is 1. The SMILES string of the molecule is O=C(OCC1c2ccccc2-c2ccccc21)N1CCC2CCC(O)C1C2. The van der Waals surface area contributed by atoms with E-state index in [2.05, 4.69) is 36.4 Å². The fourth-order valence-corrected chi connectivity index (χ4v) is 5.20. The maximum absolute atomic E-state index is 12.8. The van der Waals surface area contributed by atoms with E-state index in [9.17, 15) is 9.90 Å². The summed E-state index contributed by atoms with van der Waals surface area (Å²) in [6.07, 6.45) is 3.11. The highest BCUT2D eigenvalue weighted by Gasteiger charge is 2.40. The molecule has 140 valence electrons. The topological polar surface area (TPSA) is 49.8 Å². The standard InChI is InChI=1S/C23H25NO3/c25-22-10-9-15-11-12-24(21(22)13-15)23(26)27-14-20-18-7-3-1-5-16(18)17-6-2-4-8-19(17)20/h1-8,15,20-22,25H,9-14H2. The van der Waals surface area contributed by atoms with Crippen molar-refractivity contribution in [3.8, 4) is 11.1 Å². The average molecular weight is 363 g/mol. The number of amides is 1. The summed E-state index contributed by atoms with van der Waals surface area (Å²) in [4.78, 5) is 14.6. The van der Waals surface area contributed by atoms with Gasteiger partial charge in [-0.2, -0.15) is 0 Å². The second-order valence-corrected chi connectivity index (χ2v) is 8.10. The maximum Gasteiger partial charge on any atom is 0.410 e. The lowest BCUT2D eigenvalue weighted by atomic mass is 9.78. The number of aliphatic hydroxyl groups is 1. The Kier molecular flexibility index (Phi) is 4.16. The van der Waals surface area contributed by atoms with Gasteiger partial charge in [-0.3, -0.25) is 0 Å². The molecular weight excluding hydrogens is 338 g/mol. The van der Waals surface area contributed by atoms with Crippen LogP contribution in [-0.2, 0) is 4.74 Å². The van der Waals surface area contributed by atoms with Crippen LogP contribution in [0.4, 0.5) is 4.79 Å². The van der Waals surface area contributed by atoms with E-state index in [4.69, 9.17) is 4.74 Å². The molecule has 0 spiro atoms. The number of benzene rings is 2. The minimum Gasteiger partial charge on any atom is -0.448 e. The largest absolute Gasteiger partial charge is 0.448 e. The molecule has 27 heavy (non-hydrogen) atoms. The van der Waals surface area contributed by atoms with E-state index in [1.54, 1.807) is 4.90 Å². The zero-order chi connectivity index (χ0) is 18.4. The number of hydrogen-bond acceptors (Lipinski definition) is 3. The Bertz CT molecular complexity index is 819. The smallest absolute Gasteiger partial charge is 0.410 e. The van der Waals surface area contributed by atoms with E-state index in [0.717, 1.165) is 25.7 Å². The maximum atomic E-state index is 12.8. The van der Waals surface area contributed by atoms with Gasteiger partial charge in [0.05, 0.1) is 12.1 Å². The molecule has 2 aromatic carbocycles. The lowest BCUT2D eigenvalue weighted by molar-refractivity contribution is -0.0260. The summed E-state index contributed by atoms with van der Waals surface area (Å²) in [5.74, 6) is 0.728. The molecule has 1 N–H and O–H groups in total. The Morgan fingerprint density at radius 2 is 1.67 bits per heavy atom. The van der Waals surface area contributed by atoms with Crippen LogP contribution in [0.3, 0.4) is 0 Å². The van der Waals surface area contributed by atoms with Crippen LogP contribution in [0.25, 0.3) is 11.1 Å². The highest BCUT2D eigenvalue weighted by Crippen LogP contribution is 2.44. The van der Waals surface area contributed by atoms with Crippen molar-refractivity contribution in [2.45, 2.75) is 43.7 Å². The second-order valence-electron chi connectivity index (χ2n) is 8.10. The summed E-state index contributed by atoms with van der Waals surface area (Å²) in [6.45, 7) is 1.04. The van der Waals surface area contributed by atoms with Crippen LogP contribution in [0, 0.1) is 5.92 Å². The molecule has 5 rings (SSSR count). The summed E-state index contributed by atoms with van der Waals surface area (Å²) < 4.78 is 5.79. The van der Waals surface area contributed by atoms with E-state index in [1.807, 2.05) is 12.1 Å². The van der Waals surface area contributed by atoms with Crippen molar-refractivity contribution >= 4 is 6.09 Å². The molecule has 3 unspecified atom stereocenters. The van der Waals surface area contributed by atoms with Gasteiger partial charge in [0, 0.05) is 12.5 Å². The first-order valence-corrected chi connectivity index (χ1v) is 10.0. The molecule has 1 aliphatic heterocycles. The third-order valence-corrected chi connectivity index (χ3v) is 6.64. The van der Waals surface area contributed by atoms with Gasteiger partial charge < -0.3 is 14.7 Å². The van der Waals surface area contributed by atoms with Gasteiger partial charge in [0.1, 0.15) is 6.61 Å². The van der Waals surface area contributed by atoms with Gasteiger partial charge in [0.2, 0.25) is 0 Å². The fourth-order valence-electron chi connectivity index (χ4n) is 5.20. The predicted octanol–water partition coefficient (Wildman–Crippen LogP) is 4.17. The number of rotatable bonds is 2. The normalized spacial score (nSPS) is 26.4. The Hall–Kier alpha value is -2.33. The Morgan fingerprint density at radius 1 is 1.00 bits per heavy atom. The van der Waals surface area contributed by atoms with Crippen molar-refractivity contribution in [3.63, 3.8) is 0 Å². The van der Waals surface area contributed by atoms with E-state index < -0.39 is 6.10 Å². The molecule has 4 heteroatoms. The number of nitrogens with zero attached hydrogens (tertiary/aromatic N) is 1. The van der Waals surface area contributed by atoms with Gasteiger partial charge >= 0.3 is 6.09 Å². The zero-order valence-corrected chi connectivity index (χ0v) is 15.4. The predicted molar refractivity (Wildman–Crippen MR) is 104 cm³/mol. The second kappa shape index (κ2) is 6.68. The Morgan fingerprint density at radius 3 is 2.37 bits per heavy atom. The molecule has 1 saturated heterocycles. The minimum atomic E-state index is -0.415. The summed E-state index contributed by atoms with van der Waals surface area (Å²) >= 11 is 0. The lowest BCUT2D eigenvalue weighted by Crippen LogP contribution is -2.54. The summed E-state index contributed by atoms with van der Waals surface area (Å²) in [5, 5.41) is 10.3. The summed E-state index contributed by atoms with van der Waals surface area (Å²) in [6, 6.07) is 16.7. The van der Waals surface area contributed by atoms with Gasteiger partial charge in [-0.05, 0) is 53.9 Å². The highest BCUT2D eigenvalue weighted by molar-refractivity contribution is 5.79. The van der Waals surface area contributed by atoms with E-state index in [1.165, 1.54) is 22.3 Å². The third-order valence-electron chi connectivity index (χ3n) is 6.64. The molecule has 2 fully saturated rings. The first-order chi connectivity index (χ1) is 13.2. The fraction of sp³-hybridized carbons (Fsp3) is 0.435. The van der Waals surface area contributed by atoms with Crippen molar-refractivity contribution in [3.05, 3.63) is 59.7 Å². The summed E-state index contributed by atoms with van der Waals surface area (Å²) in [5.41, 5.74) is 4.92. The Labute approximate surface area is 159 Å². The van der Waals surface area contributed by atoms with Crippen molar-refractivity contribution in [1.29, 1.82) is 0 Å². The van der Waals surface area contributed by atoms with Crippen LogP contribution >= 0.6 is 0 Å².